The molecule has 0 aliphatic heterocycles. The highest BCUT2D eigenvalue weighted by Crippen LogP contribution is 2.15. The molecule has 2 aromatic rings. The van der Waals surface area contributed by atoms with Gasteiger partial charge in [0.1, 0.15) is 11.5 Å². The van der Waals surface area contributed by atoms with Crippen LogP contribution in [0.1, 0.15) is 76.3 Å². The molecule has 2 rings (SSSR count). The third-order valence-corrected chi connectivity index (χ3v) is 4.84. The summed E-state index contributed by atoms with van der Waals surface area (Å²) in [6.45, 7) is 6.02. The van der Waals surface area contributed by atoms with E-state index in [0.717, 1.165) is 48.7 Å². The molecular formula is C28H36O2. The van der Waals surface area contributed by atoms with Crippen LogP contribution in [-0.2, 0) is 0 Å². The van der Waals surface area contributed by atoms with Crippen LogP contribution in [0.3, 0.4) is 0 Å². The molecular weight excluding hydrogens is 368 g/mol. The quantitative estimate of drug-likeness (QED) is 0.252. The average Bonchev–Trinajstić information content (AvgIpc) is 2.78. The zero-order chi connectivity index (χ0) is 21.3. The van der Waals surface area contributed by atoms with Gasteiger partial charge in [-0.25, -0.2) is 0 Å². The Labute approximate surface area is 183 Å². The van der Waals surface area contributed by atoms with E-state index in [2.05, 4.69) is 37.8 Å². The summed E-state index contributed by atoms with van der Waals surface area (Å²) in [6.07, 6.45) is 13.7. The van der Waals surface area contributed by atoms with Crippen LogP contribution in [0, 0.1) is 11.8 Å². The summed E-state index contributed by atoms with van der Waals surface area (Å²) in [6, 6.07) is 16.2. The molecule has 0 unspecified atom stereocenters. The molecule has 0 amide bonds. The zero-order valence-corrected chi connectivity index (χ0v) is 18.7. The Bertz CT molecular complexity index is 776. The maximum atomic E-state index is 5.78. The van der Waals surface area contributed by atoms with Crippen LogP contribution < -0.4 is 9.47 Å². The molecule has 2 aromatic carbocycles. The van der Waals surface area contributed by atoms with E-state index in [-0.39, 0.29) is 0 Å². The number of benzene rings is 2. The van der Waals surface area contributed by atoms with Crippen LogP contribution in [0.25, 0.3) is 6.08 Å². The Morgan fingerprint density at radius 1 is 0.667 bits per heavy atom. The van der Waals surface area contributed by atoms with Gasteiger partial charge >= 0.3 is 0 Å². The van der Waals surface area contributed by atoms with Crippen molar-refractivity contribution in [2.75, 3.05) is 13.2 Å². The van der Waals surface area contributed by atoms with Crippen molar-refractivity contribution >= 4 is 6.08 Å². The van der Waals surface area contributed by atoms with Crippen molar-refractivity contribution < 1.29 is 9.47 Å². The molecule has 2 heteroatoms. The second-order valence-corrected chi connectivity index (χ2v) is 7.51. The van der Waals surface area contributed by atoms with E-state index in [1.165, 1.54) is 38.5 Å². The molecule has 160 valence electrons. The zero-order valence-electron chi connectivity index (χ0n) is 18.7. The maximum absolute atomic E-state index is 5.78. The summed E-state index contributed by atoms with van der Waals surface area (Å²) in [7, 11) is 0. The number of ether oxygens (including phenoxy) is 2. The van der Waals surface area contributed by atoms with Crippen molar-refractivity contribution in [2.45, 2.75) is 65.2 Å². The molecule has 0 radical (unpaired) electrons. The molecule has 0 aliphatic carbocycles. The highest BCUT2D eigenvalue weighted by Gasteiger charge is 1.95. The van der Waals surface area contributed by atoms with Gasteiger partial charge in [0.05, 0.1) is 13.2 Å². The average molecular weight is 405 g/mol. The Kier molecular flexibility index (Phi) is 12.0. The number of rotatable bonds is 13. The molecule has 0 saturated carbocycles. The molecule has 0 fully saturated rings. The van der Waals surface area contributed by atoms with Gasteiger partial charge in [-0.2, -0.15) is 0 Å². The fourth-order valence-electron chi connectivity index (χ4n) is 3.01. The van der Waals surface area contributed by atoms with E-state index in [1.807, 2.05) is 48.6 Å². The van der Waals surface area contributed by atoms with E-state index in [1.54, 1.807) is 0 Å². The second-order valence-electron chi connectivity index (χ2n) is 7.51. The first kappa shape index (κ1) is 23.6. The third-order valence-electron chi connectivity index (χ3n) is 4.84. The molecule has 0 saturated heterocycles. The first-order valence-electron chi connectivity index (χ1n) is 11.5. The maximum Gasteiger partial charge on any atom is 0.119 e. The van der Waals surface area contributed by atoms with Crippen LogP contribution in [0.4, 0.5) is 0 Å². The summed E-state index contributed by atoms with van der Waals surface area (Å²) in [5.41, 5.74) is 2.11. The Morgan fingerprint density at radius 2 is 1.20 bits per heavy atom. The van der Waals surface area contributed by atoms with Crippen LogP contribution in [0.5, 0.6) is 11.5 Å². The predicted molar refractivity (Wildman–Crippen MR) is 128 cm³/mol. The van der Waals surface area contributed by atoms with Gasteiger partial charge in [-0.3, -0.25) is 0 Å². The van der Waals surface area contributed by atoms with Gasteiger partial charge in [-0.1, -0.05) is 76.3 Å². The Morgan fingerprint density at radius 3 is 1.73 bits per heavy atom. The Hall–Kier alpha value is -2.66. The number of hydrogen-bond donors (Lipinski definition) is 0. The normalized spacial score (nSPS) is 10.6. The van der Waals surface area contributed by atoms with Crippen LogP contribution in [0.15, 0.2) is 54.6 Å². The molecule has 0 N–H and O–H groups in total. The highest BCUT2D eigenvalue weighted by atomic mass is 16.5. The number of unbranched alkanes of at least 4 members (excludes halogenated alkanes) is 6. The molecule has 30 heavy (non-hydrogen) atoms. The van der Waals surface area contributed by atoms with Gasteiger partial charge in [0.15, 0.2) is 0 Å². The van der Waals surface area contributed by atoms with Crippen LogP contribution in [-0.4, -0.2) is 13.2 Å². The van der Waals surface area contributed by atoms with E-state index in [0.29, 0.717) is 0 Å². The van der Waals surface area contributed by atoms with Gasteiger partial charge in [0.2, 0.25) is 0 Å². The lowest BCUT2D eigenvalue weighted by Gasteiger charge is -2.05. The lowest BCUT2D eigenvalue weighted by atomic mass is 10.2. The SMILES string of the molecule is CCCCCCOc1ccc(C#C/C=C/c2ccc(OCCCCCC)cc2)cc1. The third kappa shape index (κ3) is 10.2. The number of hydrogen-bond acceptors (Lipinski definition) is 2. The molecule has 0 aromatic heterocycles. The first-order valence-corrected chi connectivity index (χ1v) is 11.5. The Balaban J connectivity index is 1.72. The molecule has 0 aliphatic rings. The summed E-state index contributed by atoms with van der Waals surface area (Å²) in [4.78, 5) is 0. The minimum atomic E-state index is 0.788. The van der Waals surface area contributed by atoms with Gasteiger partial charge in [0, 0.05) is 5.56 Å². The van der Waals surface area contributed by atoms with Crippen molar-refractivity contribution in [3.8, 4) is 23.3 Å². The van der Waals surface area contributed by atoms with Crippen molar-refractivity contribution in [2.24, 2.45) is 0 Å². The molecule has 0 bridgehead atoms. The minimum absolute atomic E-state index is 0.788. The van der Waals surface area contributed by atoms with E-state index < -0.39 is 0 Å². The summed E-state index contributed by atoms with van der Waals surface area (Å²) < 4.78 is 11.5. The molecule has 0 heterocycles. The number of allylic oxidation sites excluding steroid dienone is 1. The molecule has 0 spiro atoms. The second kappa shape index (κ2) is 15.2. The van der Waals surface area contributed by atoms with E-state index in [4.69, 9.17) is 9.47 Å². The standard InChI is InChI=1S/C28H36O2/c1-3-5-7-11-23-29-27-19-15-25(16-20-27)13-9-10-14-26-17-21-28(22-18-26)30-24-12-8-6-4-2/h9,13,15-22H,3-8,11-12,23-24H2,1-2H3/b13-9+. The topological polar surface area (TPSA) is 18.5 Å². The van der Waals surface area contributed by atoms with Crippen molar-refractivity contribution in [1.82, 2.24) is 0 Å². The van der Waals surface area contributed by atoms with Crippen LogP contribution in [0.2, 0.25) is 0 Å². The highest BCUT2D eigenvalue weighted by molar-refractivity contribution is 5.54. The predicted octanol–water partition coefficient (Wildman–Crippen LogP) is 7.67. The lowest BCUT2D eigenvalue weighted by molar-refractivity contribution is 0.305. The monoisotopic (exact) mass is 404 g/mol. The van der Waals surface area contributed by atoms with Crippen LogP contribution >= 0.6 is 0 Å². The van der Waals surface area contributed by atoms with Crippen molar-refractivity contribution in [3.05, 3.63) is 65.7 Å². The van der Waals surface area contributed by atoms with Crippen molar-refractivity contribution in [3.63, 3.8) is 0 Å². The largest absolute Gasteiger partial charge is 0.494 e. The van der Waals surface area contributed by atoms with Gasteiger partial charge < -0.3 is 9.47 Å². The molecule has 0 atom stereocenters. The van der Waals surface area contributed by atoms with E-state index in [9.17, 15) is 0 Å². The summed E-state index contributed by atoms with van der Waals surface area (Å²) in [5.74, 6) is 8.12. The first-order chi connectivity index (χ1) is 14.8. The smallest absolute Gasteiger partial charge is 0.119 e. The van der Waals surface area contributed by atoms with Gasteiger partial charge in [-0.05, 0) is 67.0 Å². The van der Waals surface area contributed by atoms with Gasteiger partial charge in [-0.15, -0.1) is 0 Å². The van der Waals surface area contributed by atoms with Crippen molar-refractivity contribution in [1.29, 1.82) is 0 Å². The fraction of sp³-hybridized carbons (Fsp3) is 0.429. The van der Waals surface area contributed by atoms with E-state index >= 15 is 0 Å². The molecule has 2 nitrogen and oxygen atoms in total. The van der Waals surface area contributed by atoms with Gasteiger partial charge in [0.25, 0.3) is 0 Å². The minimum Gasteiger partial charge on any atom is -0.494 e. The summed E-state index contributed by atoms with van der Waals surface area (Å²) in [5, 5.41) is 0. The summed E-state index contributed by atoms with van der Waals surface area (Å²) >= 11 is 0. The fourth-order valence-corrected chi connectivity index (χ4v) is 3.01. The lowest BCUT2D eigenvalue weighted by Crippen LogP contribution is -1.96.